The van der Waals surface area contributed by atoms with Crippen LogP contribution in [-0.4, -0.2) is 19.4 Å². The van der Waals surface area contributed by atoms with Gasteiger partial charge in [0.25, 0.3) is 0 Å². The molecule has 16 heavy (non-hydrogen) atoms. The van der Waals surface area contributed by atoms with Gasteiger partial charge in [-0.3, -0.25) is 0 Å². The normalized spacial score (nSPS) is 16.8. The summed E-state index contributed by atoms with van der Waals surface area (Å²) < 4.78 is 4.80. The van der Waals surface area contributed by atoms with Gasteiger partial charge in [-0.05, 0) is 39.5 Å². The summed E-state index contributed by atoms with van der Waals surface area (Å²) in [6.07, 6.45) is 6.08. The van der Waals surface area contributed by atoms with Crippen LogP contribution in [0.2, 0.25) is 0 Å². The highest BCUT2D eigenvalue weighted by Gasteiger charge is 2.32. The number of esters is 1. The first-order valence-corrected chi connectivity index (χ1v) is 5.80. The first-order chi connectivity index (χ1) is 7.53. The van der Waals surface area contributed by atoms with E-state index in [4.69, 9.17) is 4.74 Å². The molecule has 1 rings (SSSR count). The van der Waals surface area contributed by atoms with Crippen molar-refractivity contribution in [3.05, 3.63) is 11.1 Å². The van der Waals surface area contributed by atoms with Crippen LogP contribution in [0.3, 0.4) is 0 Å². The molecule has 0 aromatic rings. The summed E-state index contributed by atoms with van der Waals surface area (Å²) in [5, 5.41) is 0. The van der Waals surface area contributed by atoms with Gasteiger partial charge in [-0.1, -0.05) is 12.0 Å². The second kappa shape index (κ2) is 5.28. The molecule has 0 amide bonds. The Balaban J connectivity index is 3.12. The van der Waals surface area contributed by atoms with E-state index in [2.05, 4.69) is 0 Å². The lowest BCUT2D eigenvalue weighted by atomic mass is 9.78. The molecular formula is C13H20O3. The van der Waals surface area contributed by atoms with Crippen LogP contribution in [0, 0.1) is 5.41 Å². The molecule has 0 heterocycles. The zero-order valence-corrected chi connectivity index (χ0v) is 10.3. The number of hydrogen-bond donors (Lipinski definition) is 0. The van der Waals surface area contributed by atoms with Crippen molar-refractivity contribution in [1.82, 2.24) is 0 Å². The summed E-state index contributed by atoms with van der Waals surface area (Å²) in [6, 6.07) is 0. The average molecular weight is 224 g/mol. The summed E-state index contributed by atoms with van der Waals surface area (Å²) in [5.41, 5.74) is 0.944. The van der Waals surface area contributed by atoms with Gasteiger partial charge in [0, 0.05) is 5.57 Å². The van der Waals surface area contributed by atoms with Gasteiger partial charge < -0.3 is 9.53 Å². The fourth-order valence-electron chi connectivity index (χ4n) is 2.25. The molecule has 3 nitrogen and oxygen atoms in total. The minimum atomic E-state index is -0.736. The van der Waals surface area contributed by atoms with Crippen LogP contribution in [0.5, 0.6) is 0 Å². The second-order valence-electron chi connectivity index (χ2n) is 4.87. The Morgan fingerprint density at radius 3 is 2.25 bits per heavy atom. The molecule has 0 atom stereocenters. The lowest BCUT2D eigenvalue weighted by Gasteiger charge is -2.25. The topological polar surface area (TPSA) is 43.4 Å². The molecule has 1 aliphatic rings. The Bertz CT molecular complexity index is 305. The lowest BCUT2D eigenvalue weighted by Crippen LogP contribution is -2.26. The van der Waals surface area contributed by atoms with Gasteiger partial charge in [-0.25, -0.2) is 4.79 Å². The first-order valence-electron chi connectivity index (χ1n) is 5.80. The van der Waals surface area contributed by atoms with Gasteiger partial charge in [0.15, 0.2) is 0 Å². The third-order valence-electron chi connectivity index (χ3n) is 3.14. The fourth-order valence-corrected chi connectivity index (χ4v) is 2.25. The summed E-state index contributed by atoms with van der Waals surface area (Å²) >= 11 is 0. The maximum atomic E-state index is 11.8. The highest BCUT2D eigenvalue weighted by Crippen LogP contribution is 2.34. The molecule has 0 unspecified atom stereocenters. The van der Waals surface area contributed by atoms with E-state index in [1.165, 1.54) is 13.5 Å². The Morgan fingerprint density at radius 1 is 1.25 bits per heavy atom. The van der Waals surface area contributed by atoms with Crippen molar-refractivity contribution < 1.29 is 14.3 Å². The van der Waals surface area contributed by atoms with Crippen molar-refractivity contribution in [1.29, 1.82) is 0 Å². The average Bonchev–Trinajstić information content (AvgIpc) is 2.30. The number of allylic oxidation sites excluding steroid dienone is 1. The Kier molecular flexibility index (Phi) is 4.27. The molecule has 0 bridgehead atoms. The van der Waals surface area contributed by atoms with Crippen LogP contribution in [0.4, 0.5) is 0 Å². The molecule has 0 aromatic carbocycles. The zero-order chi connectivity index (χ0) is 12.2. The van der Waals surface area contributed by atoms with Crippen LogP contribution < -0.4 is 0 Å². The van der Waals surface area contributed by atoms with E-state index in [0.717, 1.165) is 37.5 Å². The Hall–Kier alpha value is -1.12. The predicted octanol–water partition coefficient (Wildman–Crippen LogP) is 2.65. The van der Waals surface area contributed by atoms with Gasteiger partial charge in [-0.2, -0.15) is 0 Å². The van der Waals surface area contributed by atoms with Crippen molar-refractivity contribution >= 4 is 12.3 Å². The molecule has 1 aliphatic carbocycles. The first kappa shape index (κ1) is 12.9. The fraction of sp³-hybridized carbons (Fsp3) is 0.692. The standard InChI is InChI=1S/C13H20O3/c1-13(2,9-14)11(12(15)16-3)10-7-5-4-6-8-10/h9H,4-8H2,1-3H3. The van der Waals surface area contributed by atoms with Crippen molar-refractivity contribution in [3.63, 3.8) is 0 Å². The number of ether oxygens (including phenoxy) is 1. The van der Waals surface area contributed by atoms with Crippen molar-refractivity contribution in [2.45, 2.75) is 46.0 Å². The largest absolute Gasteiger partial charge is 0.466 e. The predicted molar refractivity (Wildman–Crippen MR) is 62.0 cm³/mol. The minimum absolute atomic E-state index is 0.353. The highest BCUT2D eigenvalue weighted by atomic mass is 16.5. The minimum Gasteiger partial charge on any atom is -0.466 e. The number of methoxy groups -OCH3 is 1. The molecule has 1 saturated carbocycles. The van der Waals surface area contributed by atoms with Gasteiger partial charge >= 0.3 is 5.97 Å². The zero-order valence-electron chi connectivity index (χ0n) is 10.3. The molecule has 0 spiro atoms. The second-order valence-corrected chi connectivity index (χ2v) is 4.87. The summed E-state index contributed by atoms with van der Waals surface area (Å²) in [4.78, 5) is 22.9. The molecule has 90 valence electrons. The smallest absolute Gasteiger partial charge is 0.334 e. The molecule has 1 fully saturated rings. The van der Waals surface area contributed by atoms with Gasteiger partial charge in [0.05, 0.1) is 12.5 Å². The van der Waals surface area contributed by atoms with Gasteiger partial charge in [0.2, 0.25) is 0 Å². The Morgan fingerprint density at radius 2 is 1.81 bits per heavy atom. The van der Waals surface area contributed by atoms with E-state index in [0.29, 0.717) is 5.57 Å². The van der Waals surface area contributed by atoms with E-state index < -0.39 is 5.41 Å². The maximum Gasteiger partial charge on any atom is 0.334 e. The van der Waals surface area contributed by atoms with E-state index in [-0.39, 0.29) is 5.97 Å². The van der Waals surface area contributed by atoms with Crippen LogP contribution in [0.1, 0.15) is 46.0 Å². The molecule has 0 aliphatic heterocycles. The third-order valence-corrected chi connectivity index (χ3v) is 3.14. The number of hydrogen-bond acceptors (Lipinski definition) is 3. The molecule has 3 heteroatoms. The monoisotopic (exact) mass is 224 g/mol. The number of carbonyl (C=O) groups is 2. The lowest BCUT2D eigenvalue weighted by molar-refractivity contribution is -0.138. The van der Waals surface area contributed by atoms with Crippen LogP contribution >= 0.6 is 0 Å². The van der Waals surface area contributed by atoms with Crippen molar-refractivity contribution in [2.75, 3.05) is 7.11 Å². The van der Waals surface area contributed by atoms with Crippen LogP contribution in [0.25, 0.3) is 0 Å². The third kappa shape index (κ3) is 2.71. The quantitative estimate of drug-likeness (QED) is 0.420. The van der Waals surface area contributed by atoms with E-state index >= 15 is 0 Å². The maximum absolute atomic E-state index is 11.8. The van der Waals surface area contributed by atoms with Crippen LogP contribution in [0.15, 0.2) is 11.1 Å². The summed E-state index contributed by atoms with van der Waals surface area (Å²) in [6.45, 7) is 3.54. The van der Waals surface area contributed by atoms with Gasteiger partial charge in [-0.15, -0.1) is 0 Å². The van der Waals surface area contributed by atoms with Crippen LogP contribution in [-0.2, 0) is 14.3 Å². The molecule has 0 aromatic heterocycles. The van der Waals surface area contributed by atoms with E-state index in [9.17, 15) is 9.59 Å². The number of aldehydes is 1. The number of rotatable bonds is 3. The summed E-state index contributed by atoms with van der Waals surface area (Å²) in [7, 11) is 1.37. The summed E-state index contributed by atoms with van der Waals surface area (Å²) in [5.74, 6) is -0.353. The van der Waals surface area contributed by atoms with Crippen molar-refractivity contribution in [3.8, 4) is 0 Å². The van der Waals surface area contributed by atoms with Crippen molar-refractivity contribution in [2.24, 2.45) is 5.41 Å². The SMILES string of the molecule is COC(=O)C(=C1CCCCC1)C(C)(C)C=O. The molecule has 0 N–H and O–H groups in total. The molecular weight excluding hydrogens is 204 g/mol. The van der Waals surface area contributed by atoms with Gasteiger partial charge in [0.1, 0.15) is 6.29 Å². The number of carbonyl (C=O) groups excluding carboxylic acids is 2. The molecule has 0 saturated heterocycles. The molecule has 0 radical (unpaired) electrons. The van der Waals surface area contributed by atoms with E-state index in [1.807, 2.05) is 0 Å². The van der Waals surface area contributed by atoms with E-state index in [1.54, 1.807) is 13.8 Å². The Labute approximate surface area is 96.9 Å². The highest BCUT2D eigenvalue weighted by molar-refractivity contribution is 5.95.